The second-order valence-electron chi connectivity index (χ2n) is 4.41. The molecule has 0 amide bonds. The van der Waals surface area contributed by atoms with Gasteiger partial charge in [0.1, 0.15) is 0 Å². The zero-order chi connectivity index (χ0) is 12.7. The Morgan fingerprint density at radius 1 is 1.24 bits per heavy atom. The van der Waals surface area contributed by atoms with E-state index in [0.717, 1.165) is 23.1 Å². The maximum Gasteiger partial charge on any atom is 0.0576 e. The van der Waals surface area contributed by atoms with Crippen molar-refractivity contribution in [2.24, 2.45) is 5.92 Å². The number of nitrogens with one attached hydrogen (secondary N) is 1. The molecule has 0 aliphatic heterocycles. The minimum atomic E-state index is 0.387. The number of aromatic nitrogens is 1. The third kappa shape index (κ3) is 4.40. The summed E-state index contributed by atoms with van der Waals surface area (Å²) < 4.78 is 1.04. The fraction of sp³-hybridized carbons (Fsp3) is 0.643. The summed E-state index contributed by atoms with van der Waals surface area (Å²) in [5.41, 5.74) is 1.16. The van der Waals surface area contributed by atoms with E-state index in [0.29, 0.717) is 12.0 Å². The third-order valence-electron chi connectivity index (χ3n) is 3.20. The molecule has 1 N–H and O–H groups in total. The molecule has 0 aromatic carbocycles. The first-order valence-corrected chi connectivity index (χ1v) is 7.37. The maximum absolute atomic E-state index is 4.54. The number of hydrogen-bond donors (Lipinski definition) is 1. The molecule has 1 rings (SSSR count). The van der Waals surface area contributed by atoms with Gasteiger partial charge >= 0.3 is 0 Å². The summed E-state index contributed by atoms with van der Waals surface area (Å²) in [5.74, 6) is 0.662. The van der Waals surface area contributed by atoms with Crippen molar-refractivity contribution in [2.45, 2.75) is 46.1 Å². The molecule has 0 saturated heterocycles. The summed E-state index contributed by atoms with van der Waals surface area (Å²) in [6.45, 7) is 7.77. The van der Waals surface area contributed by atoms with E-state index in [1.54, 1.807) is 0 Å². The van der Waals surface area contributed by atoms with Crippen molar-refractivity contribution in [1.29, 1.82) is 0 Å². The zero-order valence-electron chi connectivity index (χ0n) is 11.0. The first-order chi connectivity index (χ1) is 8.22. The van der Waals surface area contributed by atoms with Crippen LogP contribution in [0.25, 0.3) is 0 Å². The molecule has 0 fully saturated rings. The van der Waals surface area contributed by atoms with Crippen LogP contribution >= 0.6 is 15.9 Å². The Labute approximate surface area is 113 Å². The van der Waals surface area contributed by atoms with E-state index in [4.69, 9.17) is 0 Å². The van der Waals surface area contributed by atoms with E-state index >= 15 is 0 Å². The van der Waals surface area contributed by atoms with Crippen LogP contribution in [0.2, 0.25) is 0 Å². The molecule has 17 heavy (non-hydrogen) atoms. The van der Waals surface area contributed by atoms with Gasteiger partial charge in [-0.1, -0.05) is 33.6 Å². The van der Waals surface area contributed by atoms with E-state index in [-0.39, 0.29) is 0 Å². The lowest BCUT2D eigenvalue weighted by Gasteiger charge is -2.26. The number of halogens is 1. The Bertz CT molecular complexity index is 307. The molecule has 1 unspecified atom stereocenters. The van der Waals surface area contributed by atoms with Crippen LogP contribution in [0.1, 0.15) is 51.8 Å². The zero-order valence-corrected chi connectivity index (χ0v) is 12.6. The van der Waals surface area contributed by atoms with Gasteiger partial charge in [-0.05, 0) is 46.9 Å². The molecule has 1 aromatic heterocycles. The Morgan fingerprint density at radius 2 is 1.94 bits per heavy atom. The van der Waals surface area contributed by atoms with Gasteiger partial charge in [0.2, 0.25) is 0 Å². The predicted octanol–water partition coefficient (Wildman–Crippen LogP) is 4.32. The van der Waals surface area contributed by atoms with Crippen molar-refractivity contribution < 1.29 is 0 Å². The van der Waals surface area contributed by atoms with Gasteiger partial charge < -0.3 is 5.32 Å². The van der Waals surface area contributed by atoms with Gasteiger partial charge in [-0.15, -0.1) is 0 Å². The van der Waals surface area contributed by atoms with Crippen LogP contribution in [-0.4, -0.2) is 11.5 Å². The SMILES string of the molecule is CCCNC(c1ccc(Br)cn1)C(CC)CC. The summed E-state index contributed by atoms with van der Waals surface area (Å²) in [7, 11) is 0. The van der Waals surface area contributed by atoms with E-state index in [9.17, 15) is 0 Å². The minimum absolute atomic E-state index is 0.387. The largest absolute Gasteiger partial charge is 0.308 e. The van der Waals surface area contributed by atoms with Gasteiger partial charge in [0, 0.05) is 10.7 Å². The Hall–Kier alpha value is -0.410. The van der Waals surface area contributed by atoms with Crippen LogP contribution in [0.15, 0.2) is 22.8 Å². The van der Waals surface area contributed by atoms with Gasteiger partial charge in [0.25, 0.3) is 0 Å². The van der Waals surface area contributed by atoms with Crippen LogP contribution < -0.4 is 5.32 Å². The third-order valence-corrected chi connectivity index (χ3v) is 3.67. The smallest absolute Gasteiger partial charge is 0.0576 e. The number of hydrogen-bond acceptors (Lipinski definition) is 2. The van der Waals surface area contributed by atoms with Crippen molar-refractivity contribution in [3.8, 4) is 0 Å². The fourth-order valence-corrected chi connectivity index (χ4v) is 2.38. The van der Waals surface area contributed by atoms with E-state index < -0.39 is 0 Å². The molecule has 96 valence electrons. The Morgan fingerprint density at radius 3 is 2.41 bits per heavy atom. The molecule has 1 atom stereocenters. The number of rotatable bonds is 7. The summed E-state index contributed by atoms with van der Waals surface area (Å²) >= 11 is 3.44. The fourth-order valence-electron chi connectivity index (χ4n) is 2.14. The highest BCUT2D eigenvalue weighted by atomic mass is 79.9. The van der Waals surface area contributed by atoms with Gasteiger partial charge in [-0.3, -0.25) is 4.98 Å². The van der Waals surface area contributed by atoms with Crippen molar-refractivity contribution in [3.63, 3.8) is 0 Å². The van der Waals surface area contributed by atoms with E-state index in [1.165, 1.54) is 12.8 Å². The van der Waals surface area contributed by atoms with E-state index in [1.807, 2.05) is 6.20 Å². The van der Waals surface area contributed by atoms with Crippen molar-refractivity contribution in [1.82, 2.24) is 10.3 Å². The maximum atomic E-state index is 4.54. The average molecular weight is 299 g/mol. The Kier molecular flexibility index (Phi) is 6.75. The summed E-state index contributed by atoms with van der Waals surface area (Å²) in [6.07, 6.45) is 5.43. The second-order valence-corrected chi connectivity index (χ2v) is 5.33. The molecule has 0 radical (unpaired) electrons. The average Bonchev–Trinajstić information content (AvgIpc) is 2.36. The van der Waals surface area contributed by atoms with Gasteiger partial charge in [-0.25, -0.2) is 0 Å². The molecular weight excluding hydrogens is 276 g/mol. The van der Waals surface area contributed by atoms with Gasteiger partial charge in [0.15, 0.2) is 0 Å². The Balaban J connectivity index is 2.84. The normalized spacial score (nSPS) is 13.0. The van der Waals surface area contributed by atoms with Crippen LogP contribution in [0, 0.1) is 5.92 Å². The standard InChI is InChI=1S/C14H23BrN2/c1-4-9-16-14(11(5-2)6-3)13-8-7-12(15)10-17-13/h7-8,10-11,14,16H,4-6,9H2,1-3H3. The lowest BCUT2D eigenvalue weighted by atomic mass is 9.91. The molecule has 0 aliphatic rings. The lowest BCUT2D eigenvalue weighted by molar-refractivity contribution is 0.335. The molecule has 1 aromatic rings. The first-order valence-electron chi connectivity index (χ1n) is 6.57. The summed E-state index contributed by atoms with van der Waals surface area (Å²) in [4.78, 5) is 4.54. The van der Waals surface area contributed by atoms with Crippen molar-refractivity contribution in [2.75, 3.05) is 6.54 Å². The highest BCUT2D eigenvalue weighted by molar-refractivity contribution is 9.10. The van der Waals surface area contributed by atoms with Crippen molar-refractivity contribution in [3.05, 3.63) is 28.5 Å². The minimum Gasteiger partial charge on any atom is -0.308 e. The van der Waals surface area contributed by atoms with Crippen LogP contribution in [0.5, 0.6) is 0 Å². The highest BCUT2D eigenvalue weighted by Gasteiger charge is 2.20. The molecule has 0 bridgehead atoms. The van der Waals surface area contributed by atoms with Gasteiger partial charge in [0.05, 0.1) is 11.7 Å². The molecular formula is C14H23BrN2. The molecule has 0 saturated carbocycles. The topological polar surface area (TPSA) is 24.9 Å². The quantitative estimate of drug-likeness (QED) is 0.811. The lowest BCUT2D eigenvalue weighted by Crippen LogP contribution is -2.29. The van der Waals surface area contributed by atoms with Crippen LogP contribution in [-0.2, 0) is 0 Å². The molecule has 3 heteroatoms. The van der Waals surface area contributed by atoms with Crippen LogP contribution in [0.3, 0.4) is 0 Å². The van der Waals surface area contributed by atoms with Crippen LogP contribution in [0.4, 0.5) is 0 Å². The van der Waals surface area contributed by atoms with Crippen molar-refractivity contribution >= 4 is 15.9 Å². The monoisotopic (exact) mass is 298 g/mol. The van der Waals surface area contributed by atoms with E-state index in [2.05, 4.69) is 59.1 Å². The second kappa shape index (κ2) is 7.83. The molecule has 0 spiro atoms. The molecule has 1 heterocycles. The summed E-state index contributed by atoms with van der Waals surface area (Å²) in [6, 6.07) is 4.58. The van der Waals surface area contributed by atoms with Gasteiger partial charge in [-0.2, -0.15) is 0 Å². The predicted molar refractivity (Wildman–Crippen MR) is 77.0 cm³/mol. The highest BCUT2D eigenvalue weighted by Crippen LogP contribution is 2.26. The number of pyridine rings is 1. The molecule has 0 aliphatic carbocycles. The summed E-state index contributed by atoms with van der Waals surface area (Å²) in [5, 5.41) is 3.63. The first kappa shape index (κ1) is 14.7. The molecule has 2 nitrogen and oxygen atoms in total. The number of nitrogens with zero attached hydrogens (tertiary/aromatic N) is 1.